The Kier molecular flexibility index (Phi) is 9.23. The molecule has 1 aliphatic heterocycles. The highest BCUT2D eigenvalue weighted by Crippen LogP contribution is 2.11. The van der Waals surface area contributed by atoms with Gasteiger partial charge in [0.1, 0.15) is 12.4 Å². The molecule has 1 aromatic carbocycles. The zero-order valence-corrected chi connectivity index (χ0v) is 19.0. The van der Waals surface area contributed by atoms with Crippen molar-refractivity contribution in [1.29, 1.82) is 0 Å². The standard InChI is InChI=1S/C20H28N6O2.HI/c1-2-28-20(27)25-11-8-17(9-12-25)24-19(21)23-14-18-22-10-13-26(18)15-16-6-4-3-5-7-16;/h3-7,10,13,17H,2,8-9,11-12,14-15H2,1H3,(H3,21,23,24);1H. The van der Waals surface area contributed by atoms with Crippen molar-refractivity contribution >= 4 is 36.0 Å². The molecule has 1 amide bonds. The third kappa shape index (κ3) is 6.91. The van der Waals surface area contributed by atoms with Crippen LogP contribution in [-0.4, -0.2) is 52.2 Å². The number of benzene rings is 1. The molecule has 3 N–H and O–H groups in total. The Morgan fingerprint density at radius 1 is 1.31 bits per heavy atom. The van der Waals surface area contributed by atoms with E-state index in [0.717, 1.165) is 25.2 Å². The molecular weight excluding hydrogens is 483 g/mol. The molecule has 0 unspecified atom stereocenters. The molecule has 0 aliphatic carbocycles. The Bertz CT molecular complexity index is 787. The molecule has 3 rings (SSSR count). The van der Waals surface area contributed by atoms with Crippen LogP contribution in [0.3, 0.4) is 0 Å². The number of nitrogens with two attached hydrogens (primary N) is 1. The Morgan fingerprint density at radius 2 is 2.03 bits per heavy atom. The number of halogens is 1. The van der Waals surface area contributed by atoms with E-state index >= 15 is 0 Å². The van der Waals surface area contributed by atoms with E-state index in [2.05, 4.69) is 32.0 Å². The predicted molar refractivity (Wildman–Crippen MR) is 123 cm³/mol. The minimum absolute atomic E-state index is 0. The molecule has 2 aromatic rings. The number of ether oxygens (including phenoxy) is 1. The quantitative estimate of drug-likeness (QED) is 0.353. The predicted octanol–water partition coefficient (Wildman–Crippen LogP) is 2.57. The summed E-state index contributed by atoms with van der Waals surface area (Å²) in [6, 6.07) is 10.4. The van der Waals surface area contributed by atoms with Crippen molar-refractivity contribution in [2.24, 2.45) is 10.7 Å². The molecule has 0 spiro atoms. The van der Waals surface area contributed by atoms with E-state index in [0.29, 0.717) is 32.2 Å². The number of hydrogen-bond acceptors (Lipinski definition) is 4. The van der Waals surface area contributed by atoms with Gasteiger partial charge < -0.3 is 25.3 Å². The van der Waals surface area contributed by atoms with E-state index in [-0.39, 0.29) is 36.1 Å². The zero-order valence-electron chi connectivity index (χ0n) is 16.7. The lowest BCUT2D eigenvalue weighted by atomic mass is 10.1. The highest BCUT2D eigenvalue weighted by atomic mass is 127. The fourth-order valence-corrected chi connectivity index (χ4v) is 3.25. The number of piperidine rings is 1. The van der Waals surface area contributed by atoms with Gasteiger partial charge >= 0.3 is 6.09 Å². The molecule has 1 aliphatic rings. The molecule has 2 heterocycles. The van der Waals surface area contributed by atoms with Crippen molar-refractivity contribution in [2.75, 3.05) is 19.7 Å². The van der Waals surface area contributed by atoms with Crippen LogP contribution in [0.4, 0.5) is 4.79 Å². The number of rotatable bonds is 6. The first-order valence-electron chi connectivity index (χ1n) is 9.67. The van der Waals surface area contributed by atoms with Gasteiger partial charge in [0.15, 0.2) is 5.96 Å². The minimum atomic E-state index is -0.243. The lowest BCUT2D eigenvalue weighted by molar-refractivity contribution is 0.0963. The molecule has 0 bridgehead atoms. The molecule has 0 radical (unpaired) electrons. The van der Waals surface area contributed by atoms with Crippen molar-refractivity contribution in [3.63, 3.8) is 0 Å². The van der Waals surface area contributed by atoms with Gasteiger partial charge in [0.2, 0.25) is 0 Å². The number of imidazole rings is 1. The van der Waals surface area contributed by atoms with Gasteiger partial charge in [0.05, 0.1) is 6.61 Å². The average molecular weight is 512 g/mol. The molecule has 1 saturated heterocycles. The number of guanidine groups is 1. The maximum atomic E-state index is 11.7. The normalized spacial score (nSPS) is 14.9. The van der Waals surface area contributed by atoms with E-state index in [1.54, 1.807) is 11.1 Å². The summed E-state index contributed by atoms with van der Waals surface area (Å²) in [6.45, 7) is 4.70. The number of amides is 1. The fourth-order valence-electron chi connectivity index (χ4n) is 3.25. The van der Waals surface area contributed by atoms with Crippen LogP contribution in [0, 0.1) is 0 Å². The van der Waals surface area contributed by atoms with Gasteiger partial charge in [0, 0.05) is 38.1 Å². The van der Waals surface area contributed by atoms with Crippen molar-refractivity contribution in [2.45, 2.75) is 38.9 Å². The second-order valence-corrected chi connectivity index (χ2v) is 6.76. The molecule has 1 fully saturated rings. The van der Waals surface area contributed by atoms with Gasteiger partial charge in [-0.3, -0.25) is 0 Å². The number of aliphatic imine (C=N–C) groups is 1. The number of carbonyl (C=O) groups excluding carboxylic acids is 1. The summed E-state index contributed by atoms with van der Waals surface area (Å²) >= 11 is 0. The van der Waals surface area contributed by atoms with Crippen LogP contribution < -0.4 is 11.1 Å². The van der Waals surface area contributed by atoms with Crippen LogP contribution in [0.15, 0.2) is 47.7 Å². The van der Waals surface area contributed by atoms with Crippen LogP contribution in [0.5, 0.6) is 0 Å². The van der Waals surface area contributed by atoms with E-state index in [1.807, 2.05) is 31.3 Å². The Labute approximate surface area is 188 Å². The molecule has 8 nitrogen and oxygen atoms in total. The molecule has 1 aromatic heterocycles. The van der Waals surface area contributed by atoms with Crippen LogP contribution >= 0.6 is 24.0 Å². The van der Waals surface area contributed by atoms with E-state index < -0.39 is 0 Å². The number of nitrogens with one attached hydrogen (secondary N) is 1. The Hall–Kier alpha value is -2.30. The first-order valence-corrected chi connectivity index (χ1v) is 9.67. The van der Waals surface area contributed by atoms with Gasteiger partial charge in [-0.25, -0.2) is 14.8 Å². The highest BCUT2D eigenvalue weighted by Gasteiger charge is 2.23. The van der Waals surface area contributed by atoms with Crippen LogP contribution in [0.2, 0.25) is 0 Å². The summed E-state index contributed by atoms with van der Waals surface area (Å²) in [6.07, 6.45) is 5.12. The zero-order chi connectivity index (χ0) is 19.8. The number of nitrogens with zero attached hydrogens (tertiary/aromatic N) is 4. The topological polar surface area (TPSA) is 97.8 Å². The number of carbonyl (C=O) groups is 1. The van der Waals surface area contributed by atoms with Crippen molar-refractivity contribution in [3.05, 3.63) is 54.1 Å². The second-order valence-electron chi connectivity index (χ2n) is 6.76. The lowest BCUT2D eigenvalue weighted by Crippen LogP contribution is -2.48. The first kappa shape index (κ1) is 23.0. The number of aromatic nitrogens is 2. The Morgan fingerprint density at radius 3 is 2.72 bits per heavy atom. The monoisotopic (exact) mass is 512 g/mol. The van der Waals surface area contributed by atoms with Gasteiger partial charge in [-0.1, -0.05) is 30.3 Å². The highest BCUT2D eigenvalue weighted by molar-refractivity contribution is 14.0. The fraction of sp³-hybridized carbons (Fsp3) is 0.450. The van der Waals surface area contributed by atoms with E-state index in [9.17, 15) is 4.79 Å². The van der Waals surface area contributed by atoms with E-state index in [4.69, 9.17) is 10.5 Å². The number of hydrogen-bond donors (Lipinski definition) is 2. The van der Waals surface area contributed by atoms with Gasteiger partial charge in [-0.15, -0.1) is 24.0 Å². The molecule has 29 heavy (non-hydrogen) atoms. The summed E-state index contributed by atoms with van der Waals surface area (Å²) in [5.41, 5.74) is 7.28. The SMILES string of the molecule is CCOC(=O)N1CCC(NC(N)=NCc2nccn2Cc2ccccc2)CC1.I. The maximum Gasteiger partial charge on any atom is 0.409 e. The molecule has 0 saturated carbocycles. The van der Waals surface area contributed by atoms with Gasteiger partial charge in [-0.05, 0) is 25.3 Å². The molecule has 0 atom stereocenters. The van der Waals surface area contributed by atoms with Crippen molar-refractivity contribution in [3.8, 4) is 0 Å². The van der Waals surface area contributed by atoms with Gasteiger partial charge in [0.25, 0.3) is 0 Å². The molecule has 158 valence electrons. The largest absolute Gasteiger partial charge is 0.450 e. The second kappa shape index (κ2) is 11.6. The average Bonchev–Trinajstić information content (AvgIpc) is 3.15. The van der Waals surface area contributed by atoms with Crippen molar-refractivity contribution < 1.29 is 9.53 Å². The summed E-state index contributed by atoms with van der Waals surface area (Å²) in [5.74, 6) is 1.27. The summed E-state index contributed by atoms with van der Waals surface area (Å²) < 4.78 is 7.11. The van der Waals surface area contributed by atoms with Gasteiger partial charge in [-0.2, -0.15) is 0 Å². The van der Waals surface area contributed by atoms with Crippen molar-refractivity contribution in [1.82, 2.24) is 19.8 Å². The van der Waals surface area contributed by atoms with E-state index in [1.165, 1.54) is 5.56 Å². The minimum Gasteiger partial charge on any atom is -0.450 e. The van der Waals surface area contributed by atoms with Crippen LogP contribution in [0.25, 0.3) is 0 Å². The first-order chi connectivity index (χ1) is 13.7. The Balaban J connectivity index is 0.00000300. The lowest BCUT2D eigenvalue weighted by Gasteiger charge is -2.31. The molecular formula is C20H29IN6O2. The molecule has 9 heteroatoms. The summed E-state index contributed by atoms with van der Waals surface area (Å²) in [4.78, 5) is 22.3. The number of likely N-dealkylation sites (tertiary alicyclic amines) is 1. The third-order valence-corrected chi connectivity index (χ3v) is 4.76. The van der Waals surface area contributed by atoms with Crippen LogP contribution in [-0.2, 0) is 17.8 Å². The summed E-state index contributed by atoms with van der Waals surface area (Å²) in [5, 5.41) is 3.25. The smallest absolute Gasteiger partial charge is 0.409 e. The maximum absolute atomic E-state index is 11.7. The third-order valence-electron chi connectivity index (χ3n) is 4.76. The van der Waals surface area contributed by atoms with Crippen LogP contribution in [0.1, 0.15) is 31.2 Å². The summed E-state index contributed by atoms with van der Waals surface area (Å²) in [7, 11) is 0.